The second-order valence-electron chi connectivity index (χ2n) is 7.36. The number of carbonyl (C=O) groups excluding carboxylic acids is 1. The van der Waals surface area contributed by atoms with Crippen LogP contribution in [-0.2, 0) is 24.5 Å². The number of nitrogens with one attached hydrogen (secondary N) is 1. The lowest BCUT2D eigenvalue weighted by molar-refractivity contribution is 0.0947. The first-order valence-corrected chi connectivity index (χ1v) is 10.3. The number of nitrogens with zero attached hydrogens (tertiary/aromatic N) is 2. The van der Waals surface area contributed by atoms with Crippen LogP contribution < -0.4 is 5.32 Å². The molecule has 0 aliphatic heterocycles. The molecule has 3 aromatic carbocycles. The van der Waals surface area contributed by atoms with E-state index in [4.69, 9.17) is 4.74 Å². The standard InChI is InChI=1S/C26H25N3O2/c1-20-15-16-28-29(20)25-13-11-22(12-14-25)26(30)27-17-23-9-5-6-10-24(23)19-31-18-21-7-3-2-4-8-21/h2-16H,17-19H2,1H3,(H,27,30). The molecule has 0 radical (unpaired) electrons. The monoisotopic (exact) mass is 411 g/mol. The van der Waals surface area contributed by atoms with Crippen molar-refractivity contribution in [3.63, 3.8) is 0 Å². The molecule has 5 nitrogen and oxygen atoms in total. The molecular formula is C26H25N3O2. The molecule has 0 fully saturated rings. The summed E-state index contributed by atoms with van der Waals surface area (Å²) in [6, 6.07) is 27.5. The molecule has 0 aliphatic carbocycles. The fraction of sp³-hybridized carbons (Fsp3) is 0.154. The Morgan fingerprint density at radius 1 is 0.871 bits per heavy atom. The van der Waals surface area contributed by atoms with Crippen LogP contribution in [0.2, 0.25) is 0 Å². The van der Waals surface area contributed by atoms with E-state index in [1.807, 2.05) is 96.5 Å². The van der Waals surface area contributed by atoms with Crippen molar-refractivity contribution in [1.29, 1.82) is 0 Å². The summed E-state index contributed by atoms with van der Waals surface area (Å²) >= 11 is 0. The van der Waals surface area contributed by atoms with Crippen LogP contribution in [0.5, 0.6) is 0 Å². The molecule has 4 aromatic rings. The summed E-state index contributed by atoms with van der Waals surface area (Å²) in [5.41, 5.74) is 5.85. The molecule has 31 heavy (non-hydrogen) atoms. The van der Waals surface area contributed by atoms with Gasteiger partial charge in [-0.25, -0.2) is 4.68 Å². The van der Waals surface area contributed by atoms with Crippen LogP contribution in [-0.4, -0.2) is 15.7 Å². The van der Waals surface area contributed by atoms with Gasteiger partial charge in [-0.1, -0.05) is 54.6 Å². The van der Waals surface area contributed by atoms with Gasteiger partial charge in [0.1, 0.15) is 0 Å². The van der Waals surface area contributed by atoms with Gasteiger partial charge in [-0.3, -0.25) is 4.79 Å². The quantitative estimate of drug-likeness (QED) is 0.452. The van der Waals surface area contributed by atoms with Gasteiger partial charge in [-0.15, -0.1) is 0 Å². The topological polar surface area (TPSA) is 56.2 Å². The molecule has 4 rings (SSSR count). The van der Waals surface area contributed by atoms with Crippen molar-refractivity contribution in [2.75, 3.05) is 0 Å². The van der Waals surface area contributed by atoms with Gasteiger partial charge in [0.25, 0.3) is 5.91 Å². The van der Waals surface area contributed by atoms with Gasteiger partial charge in [0.2, 0.25) is 0 Å². The molecule has 1 heterocycles. The largest absolute Gasteiger partial charge is 0.372 e. The Balaban J connectivity index is 1.34. The highest BCUT2D eigenvalue weighted by atomic mass is 16.5. The zero-order valence-corrected chi connectivity index (χ0v) is 17.5. The van der Waals surface area contributed by atoms with E-state index in [1.54, 1.807) is 6.20 Å². The van der Waals surface area contributed by atoms with Crippen molar-refractivity contribution in [3.8, 4) is 5.69 Å². The average molecular weight is 412 g/mol. The number of aryl methyl sites for hydroxylation is 1. The zero-order chi connectivity index (χ0) is 21.5. The highest BCUT2D eigenvalue weighted by Gasteiger charge is 2.09. The minimum absolute atomic E-state index is 0.108. The van der Waals surface area contributed by atoms with Crippen LogP contribution in [0.25, 0.3) is 5.69 Å². The summed E-state index contributed by atoms with van der Waals surface area (Å²) in [6.07, 6.45) is 1.76. The Morgan fingerprint density at radius 3 is 2.29 bits per heavy atom. The summed E-state index contributed by atoms with van der Waals surface area (Å²) in [6.45, 7) is 3.50. The molecule has 0 saturated carbocycles. The number of carbonyl (C=O) groups is 1. The Hall–Kier alpha value is -3.70. The van der Waals surface area contributed by atoms with Crippen LogP contribution in [0.3, 0.4) is 0 Å². The Morgan fingerprint density at radius 2 is 1.58 bits per heavy atom. The van der Waals surface area contributed by atoms with E-state index in [0.717, 1.165) is 28.1 Å². The molecule has 0 bridgehead atoms. The van der Waals surface area contributed by atoms with E-state index in [1.165, 1.54) is 0 Å². The highest BCUT2D eigenvalue weighted by Crippen LogP contribution is 2.14. The lowest BCUT2D eigenvalue weighted by Gasteiger charge is -2.12. The smallest absolute Gasteiger partial charge is 0.251 e. The summed E-state index contributed by atoms with van der Waals surface area (Å²) < 4.78 is 7.72. The van der Waals surface area contributed by atoms with Gasteiger partial charge in [0, 0.05) is 24.0 Å². The van der Waals surface area contributed by atoms with Crippen LogP contribution in [0, 0.1) is 6.92 Å². The normalized spacial score (nSPS) is 10.7. The van der Waals surface area contributed by atoms with E-state index < -0.39 is 0 Å². The number of ether oxygens (including phenoxy) is 1. The fourth-order valence-electron chi connectivity index (χ4n) is 3.40. The van der Waals surface area contributed by atoms with Gasteiger partial charge in [0.05, 0.1) is 18.9 Å². The van der Waals surface area contributed by atoms with Crippen molar-refractivity contribution < 1.29 is 9.53 Å². The van der Waals surface area contributed by atoms with Crippen LogP contribution in [0.4, 0.5) is 0 Å². The average Bonchev–Trinajstić information content (AvgIpc) is 3.25. The van der Waals surface area contributed by atoms with Crippen molar-refractivity contribution in [3.05, 3.63) is 119 Å². The maximum Gasteiger partial charge on any atom is 0.251 e. The number of rotatable bonds is 8. The summed E-state index contributed by atoms with van der Waals surface area (Å²) in [4.78, 5) is 12.6. The zero-order valence-electron chi connectivity index (χ0n) is 17.5. The Kier molecular flexibility index (Phi) is 6.55. The van der Waals surface area contributed by atoms with Gasteiger partial charge < -0.3 is 10.1 Å². The van der Waals surface area contributed by atoms with Gasteiger partial charge in [-0.05, 0) is 53.9 Å². The molecule has 156 valence electrons. The van der Waals surface area contributed by atoms with Crippen LogP contribution in [0.15, 0.2) is 91.1 Å². The van der Waals surface area contributed by atoms with Gasteiger partial charge >= 0.3 is 0 Å². The molecular weight excluding hydrogens is 386 g/mol. The molecule has 1 amide bonds. The molecule has 0 atom stereocenters. The molecule has 0 saturated heterocycles. The number of amides is 1. The summed E-state index contributed by atoms with van der Waals surface area (Å²) in [5, 5.41) is 7.31. The summed E-state index contributed by atoms with van der Waals surface area (Å²) in [7, 11) is 0. The maximum atomic E-state index is 12.6. The molecule has 1 N–H and O–H groups in total. The predicted molar refractivity (Wildman–Crippen MR) is 121 cm³/mol. The highest BCUT2D eigenvalue weighted by molar-refractivity contribution is 5.94. The van der Waals surface area contributed by atoms with Crippen molar-refractivity contribution in [2.45, 2.75) is 26.7 Å². The first kappa shape index (κ1) is 20.6. The lowest BCUT2D eigenvalue weighted by Crippen LogP contribution is -2.23. The predicted octanol–water partition coefficient (Wildman–Crippen LogP) is 4.83. The first-order chi connectivity index (χ1) is 15.2. The third-order valence-corrected chi connectivity index (χ3v) is 5.13. The van der Waals surface area contributed by atoms with Crippen molar-refractivity contribution >= 4 is 5.91 Å². The van der Waals surface area contributed by atoms with Crippen LogP contribution in [0.1, 0.15) is 32.7 Å². The second-order valence-corrected chi connectivity index (χ2v) is 7.36. The number of aromatic nitrogens is 2. The first-order valence-electron chi connectivity index (χ1n) is 10.3. The van der Waals surface area contributed by atoms with Gasteiger partial charge in [-0.2, -0.15) is 5.10 Å². The molecule has 0 spiro atoms. The molecule has 1 aromatic heterocycles. The van der Waals surface area contributed by atoms with E-state index >= 15 is 0 Å². The van der Waals surface area contributed by atoms with Crippen molar-refractivity contribution in [2.24, 2.45) is 0 Å². The van der Waals surface area contributed by atoms with Gasteiger partial charge in [0.15, 0.2) is 0 Å². The third kappa shape index (κ3) is 5.27. The number of hydrogen-bond donors (Lipinski definition) is 1. The van der Waals surface area contributed by atoms with Crippen LogP contribution >= 0.6 is 0 Å². The lowest BCUT2D eigenvalue weighted by atomic mass is 10.1. The maximum absolute atomic E-state index is 12.6. The van der Waals surface area contributed by atoms with E-state index in [2.05, 4.69) is 10.4 Å². The minimum Gasteiger partial charge on any atom is -0.372 e. The number of benzene rings is 3. The number of hydrogen-bond acceptors (Lipinski definition) is 3. The SMILES string of the molecule is Cc1ccnn1-c1ccc(C(=O)NCc2ccccc2COCc2ccccc2)cc1. The molecule has 5 heteroatoms. The third-order valence-electron chi connectivity index (χ3n) is 5.13. The summed E-state index contributed by atoms with van der Waals surface area (Å²) in [5.74, 6) is -0.108. The van der Waals surface area contributed by atoms with E-state index in [-0.39, 0.29) is 5.91 Å². The fourth-order valence-corrected chi connectivity index (χ4v) is 3.40. The minimum atomic E-state index is -0.108. The molecule has 0 aliphatic rings. The van der Waals surface area contributed by atoms with Crippen molar-refractivity contribution in [1.82, 2.24) is 15.1 Å². The second kappa shape index (κ2) is 9.87. The van der Waals surface area contributed by atoms with E-state index in [9.17, 15) is 4.79 Å². The molecule has 0 unspecified atom stereocenters. The Bertz CT molecular complexity index is 1130. The van der Waals surface area contributed by atoms with E-state index in [0.29, 0.717) is 25.3 Å². The Labute approximate surface area is 182 Å².